The van der Waals surface area contributed by atoms with Gasteiger partial charge in [0.1, 0.15) is 23.2 Å². The molecule has 0 N–H and O–H groups in total. The number of rotatable bonds is 3. The van der Waals surface area contributed by atoms with E-state index in [-0.39, 0.29) is 11.1 Å². The minimum Gasteiger partial charge on any atom is -0.465 e. The number of furan rings is 1. The molecule has 0 aliphatic heterocycles. The van der Waals surface area contributed by atoms with Crippen LogP contribution >= 0.6 is 0 Å². The number of carbonyl (C=O) groups is 2. The van der Waals surface area contributed by atoms with Crippen LogP contribution in [0.2, 0.25) is 0 Å². The standard InChI is InChI=1S/C16H16O5/c1-9-5-6-11(10(2)7-9)14-13(16(18)20-4)12(8-21-14)15(17)19-3/h5-8H,1-4H3. The molecule has 0 amide bonds. The maximum absolute atomic E-state index is 12.0. The molecule has 0 fully saturated rings. The highest BCUT2D eigenvalue weighted by molar-refractivity contribution is 6.07. The molecule has 0 spiro atoms. The Morgan fingerprint density at radius 3 is 2.29 bits per heavy atom. The quantitative estimate of drug-likeness (QED) is 0.812. The van der Waals surface area contributed by atoms with Crippen LogP contribution in [0.1, 0.15) is 31.8 Å². The van der Waals surface area contributed by atoms with Gasteiger partial charge in [-0.15, -0.1) is 0 Å². The van der Waals surface area contributed by atoms with E-state index < -0.39 is 11.9 Å². The van der Waals surface area contributed by atoms with Crippen molar-refractivity contribution in [2.24, 2.45) is 0 Å². The van der Waals surface area contributed by atoms with Gasteiger partial charge in [0.25, 0.3) is 0 Å². The maximum atomic E-state index is 12.0. The van der Waals surface area contributed by atoms with Gasteiger partial charge in [-0.1, -0.05) is 23.8 Å². The molecular weight excluding hydrogens is 272 g/mol. The third kappa shape index (κ3) is 2.67. The summed E-state index contributed by atoms with van der Waals surface area (Å²) in [6, 6.07) is 5.72. The summed E-state index contributed by atoms with van der Waals surface area (Å²) in [5.41, 5.74) is 2.90. The normalized spacial score (nSPS) is 10.3. The predicted octanol–water partition coefficient (Wildman–Crippen LogP) is 3.14. The number of hydrogen-bond acceptors (Lipinski definition) is 5. The molecule has 21 heavy (non-hydrogen) atoms. The van der Waals surface area contributed by atoms with Gasteiger partial charge in [-0.25, -0.2) is 9.59 Å². The molecule has 0 bridgehead atoms. The molecule has 1 aromatic carbocycles. The Morgan fingerprint density at radius 1 is 1.05 bits per heavy atom. The van der Waals surface area contributed by atoms with Gasteiger partial charge in [0.2, 0.25) is 0 Å². The van der Waals surface area contributed by atoms with Gasteiger partial charge in [-0.2, -0.15) is 0 Å². The lowest BCUT2D eigenvalue weighted by Gasteiger charge is -2.07. The second-order valence-electron chi connectivity index (χ2n) is 4.66. The van der Waals surface area contributed by atoms with Gasteiger partial charge in [-0.3, -0.25) is 0 Å². The van der Waals surface area contributed by atoms with Crippen molar-refractivity contribution in [1.29, 1.82) is 0 Å². The molecule has 5 heteroatoms. The lowest BCUT2D eigenvalue weighted by atomic mass is 9.99. The van der Waals surface area contributed by atoms with E-state index in [0.29, 0.717) is 5.76 Å². The van der Waals surface area contributed by atoms with Crippen molar-refractivity contribution in [3.8, 4) is 11.3 Å². The van der Waals surface area contributed by atoms with Crippen LogP contribution in [-0.2, 0) is 9.47 Å². The number of esters is 2. The zero-order chi connectivity index (χ0) is 15.6. The number of carbonyl (C=O) groups excluding carboxylic acids is 2. The van der Waals surface area contributed by atoms with Crippen LogP contribution in [0, 0.1) is 13.8 Å². The number of methoxy groups -OCH3 is 2. The van der Waals surface area contributed by atoms with Crippen molar-refractivity contribution in [2.75, 3.05) is 14.2 Å². The summed E-state index contributed by atoms with van der Waals surface area (Å²) in [4.78, 5) is 23.7. The molecule has 5 nitrogen and oxygen atoms in total. The molecule has 0 saturated heterocycles. The average Bonchev–Trinajstić information content (AvgIpc) is 2.90. The van der Waals surface area contributed by atoms with Crippen LogP contribution in [0.3, 0.4) is 0 Å². The Hall–Kier alpha value is -2.56. The van der Waals surface area contributed by atoms with Gasteiger partial charge in [0.05, 0.1) is 14.2 Å². The molecule has 110 valence electrons. The number of hydrogen-bond donors (Lipinski definition) is 0. The second-order valence-corrected chi connectivity index (χ2v) is 4.66. The van der Waals surface area contributed by atoms with E-state index in [1.807, 2.05) is 32.0 Å². The molecular formula is C16H16O5. The molecule has 1 aromatic heterocycles. The highest BCUT2D eigenvalue weighted by atomic mass is 16.5. The monoisotopic (exact) mass is 288 g/mol. The van der Waals surface area contributed by atoms with Gasteiger partial charge < -0.3 is 13.9 Å². The Labute approximate surface area is 122 Å². The minimum atomic E-state index is -0.643. The van der Waals surface area contributed by atoms with E-state index in [9.17, 15) is 9.59 Å². The van der Waals surface area contributed by atoms with Crippen molar-refractivity contribution in [1.82, 2.24) is 0 Å². The number of aryl methyl sites for hydroxylation is 2. The molecule has 2 rings (SSSR count). The van der Waals surface area contributed by atoms with Crippen molar-refractivity contribution >= 4 is 11.9 Å². The summed E-state index contributed by atoms with van der Waals surface area (Å²) in [6.07, 6.45) is 1.21. The Kier molecular flexibility index (Phi) is 4.12. The van der Waals surface area contributed by atoms with E-state index >= 15 is 0 Å². The lowest BCUT2D eigenvalue weighted by molar-refractivity contribution is 0.0557. The summed E-state index contributed by atoms with van der Waals surface area (Å²) in [5.74, 6) is -0.978. The Balaban J connectivity index is 2.66. The van der Waals surface area contributed by atoms with Crippen LogP contribution < -0.4 is 0 Å². The van der Waals surface area contributed by atoms with E-state index in [2.05, 4.69) is 4.74 Å². The van der Waals surface area contributed by atoms with Crippen molar-refractivity contribution in [2.45, 2.75) is 13.8 Å². The number of benzene rings is 1. The zero-order valence-electron chi connectivity index (χ0n) is 12.4. The first-order valence-corrected chi connectivity index (χ1v) is 6.35. The fourth-order valence-corrected chi connectivity index (χ4v) is 2.19. The van der Waals surface area contributed by atoms with E-state index in [1.54, 1.807) is 0 Å². The van der Waals surface area contributed by atoms with Gasteiger partial charge >= 0.3 is 11.9 Å². The molecule has 0 radical (unpaired) electrons. The summed E-state index contributed by atoms with van der Waals surface area (Å²) in [5, 5.41) is 0. The first-order chi connectivity index (χ1) is 9.99. The van der Waals surface area contributed by atoms with E-state index in [1.165, 1.54) is 20.5 Å². The molecule has 1 heterocycles. The topological polar surface area (TPSA) is 65.7 Å². The molecule has 2 aromatic rings. The lowest BCUT2D eigenvalue weighted by Crippen LogP contribution is -2.10. The largest absolute Gasteiger partial charge is 0.465 e. The second kappa shape index (κ2) is 5.83. The van der Waals surface area contributed by atoms with Gasteiger partial charge in [0.15, 0.2) is 0 Å². The molecule has 0 unspecified atom stereocenters. The van der Waals surface area contributed by atoms with Crippen LogP contribution in [0.4, 0.5) is 0 Å². The van der Waals surface area contributed by atoms with Crippen LogP contribution in [-0.4, -0.2) is 26.2 Å². The molecule has 0 aliphatic carbocycles. The van der Waals surface area contributed by atoms with Crippen molar-refractivity contribution in [3.05, 3.63) is 46.7 Å². The highest BCUT2D eigenvalue weighted by Crippen LogP contribution is 2.32. The molecule has 0 saturated carbocycles. The van der Waals surface area contributed by atoms with E-state index in [4.69, 9.17) is 9.15 Å². The Bertz CT molecular complexity index is 697. The Morgan fingerprint density at radius 2 is 1.71 bits per heavy atom. The van der Waals surface area contributed by atoms with Crippen LogP contribution in [0.5, 0.6) is 0 Å². The van der Waals surface area contributed by atoms with Crippen molar-refractivity contribution in [3.63, 3.8) is 0 Å². The summed E-state index contributed by atoms with van der Waals surface area (Å²) in [6.45, 7) is 3.88. The first-order valence-electron chi connectivity index (χ1n) is 6.35. The predicted molar refractivity (Wildman–Crippen MR) is 76.3 cm³/mol. The summed E-state index contributed by atoms with van der Waals surface area (Å²) < 4.78 is 14.9. The third-order valence-corrected chi connectivity index (χ3v) is 3.21. The molecule has 0 atom stereocenters. The number of ether oxygens (including phenoxy) is 2. The van der Waals surface area contributed by atoms with Crippen molar-refractivity contribution < 1.29 is 23.5 Å². The first kappa shape index (κ1) is 14.8. The highest BCUT2D eigenvalue weighted by Gasteiger charge is 2.28. The van der Waals surface area contributed by atoms with Crippen LogP contribution in [0.25, 0.3) is 11.3 Å². The average molecular weight is 288 g/mol. The summed E-state index contributed by atoms with van der Waals surface area (Å²) in [7, 11) is 2.50. The molecule has 0 aliphatic rings. The fourth-order valence-electron chi connectivity index (χ4n) is 2.19. The smallest absolute Gasteiger partial charge is 0.342 e. The summed E-state index contributed by atoms with van der Waals surface area (Å²) >= 11 is 0. The zero-order valence-corrected chi connectivity index (χ0v) is 12.4. The maximum Gasteiger partial charge on any atom is 0.342 e. The minimum absolute atomic E-state index is 0.0549. The van der Waals surface area contributed by atoms with Gasteiger partial charge in [-0.05, 0) is 19.4 Å². The van der Waals surface area contributed by atoms with E-state index in [0.717, 1.165) is 16.7 Å². The van der Waals surface area contributed by atoms with Gasteiger partial charge in [0, 0.05) is 5.56 Å². The van der Waals surface area contributed by atoms with Crippen LogP contribution in [0.15, 0.2) is 28.9 Å². The third-order valence-electron chi connectivity index (χ3n) is 3.21. The fraction of sp³-hybridized carbons (Fsp3) is 0.250. The SMILES string of the molecule is COC(=O)c1coc(-c2ccc(C)cc2C)c1C(=O)OC.